The van der Waals surface area contributed by atoms with Gasteiger partial charge < -0.3 is 0 Å². The van der Waals surface area contributed by atoms with Crippen LogP contribution in [0.4, 0.5) is 4.39 Å². The first-order valence-electron chi connectivity index (χ1n) is 10.2. The number of fused-ring (bicyclic) bond motifs is 3. The zero-order valence-corrected chi connectivity index (χ0v) is 17.3. The molecule has 0 aromatic heterocycles. The van der Waals surface area contributed by atoms with Gasteiger partial charge in [-0.3, -0.25) is 19.7 Å². The highest BCUT2D eigenvalue weighted by atomic mass is 19.1. The van der Waals surface area contributed by atoms with Crippen molar-refractivity contribution in [3.63, 3.8) is 0 Å². The van der Waals surface area contributed by atoms with E-state index in [1.54, 1.807) is 30.3 Å². The first kappa shape index (κ1) is 21.3. The lowest BCUT2D eigenvalue weighted by Gasteiger charge is -2.28. The molecule has 5 nitrogen and oxygen atoms in total. The van der Waals surface area contributed by atoms with Crippen molar-refractivity contribution in [3.05, 3.63) is 106 Å². The van der Waals surface area contributed by atoms with E-state index in [4.69, 9.17) is 0 Å². The van der Waals surface area contributed by atoms with Crippen molar-refractivity contribution in [1.82, 2.24) is 0 Å². The molecule has 0 aliphatic rings. The van der Waals surface area contributed by atoms with Gasteiger partial charge in [-0.25, -0.2) is 4.39 Å². The molecule has 32 heavy (non-hydrogen) atoms. The second-order valence-electron chi connectivity index (χ2n) is 7.80. The zero-order valence-electron chi connectivity index (χ0n) is 17.3. The molecule has 160 valence electrons. The third kappa shape index (κ3) is 3.64. The zero-order chi connectivity index (χ0) is 22.9. The molecule has 0 bridgehead atoms. The molecule has 2 atom stereocenters. The molecular formula is C26H20FNO4. The number of rotatable bonds is 7. The van der Waals surface area contributed by atoms with E-state index in [9.17, 15) is 19.7 Å². The maximum atomic E-state index is 16.4. The van der Waals surface area contributed by atoms with Gasteiger partial charge in [-0.1, -0.05) is 78.9 Å². The molecule has 0 aliphatic carbocycles. The lowest BCUT2D eigenvalue weighted by Crippen LogP contribution is -2.49. The van der Waals surface area contributed by atoms with Crippen molar-refractivity contribution in [2.45, 2.75) is 18.5 Å². The molecular weight excluding hydrogens is 409 g/mol. The van der Waals surface area contributed by atoms with Crippen LogP contribution in [0.5, 0.6) is 0 Å². The fourth-order valence-electron chi connectivity index (χ4n) is 4.21. The Morgan fingerprint density at radius 3 is 2.16 bits per heavy atom. The molecule has 0 aliphatic heterocycles. The van der Waals surface area contributed by atoms with Crippen LogP contribution in [0.2, 0.25) is 0 Å². The minimum absolute atomic E-state index is 0.00386. The Bertz CT molecular complexity index is 1350. The molecule has 0 amide bonds. The number of carbonyl (C=O) groups is 2. The van der Waals surface area contributed by atoms with E-state index in [0.29, 0.717) is 0 Å². The van der Waals surface area contributed by atoms with E-state index in [2.05, 4.69) is 0 Å². The van der Waals surface area contributed by atoms with Crippen molar-refractivity contribution < 1.29 is 18.9 Å². The highest BCUT2D eigenvalue weighted by Gasteiger charge is 2.53. The van der Waals surface area contributed by atoms with Crippen LogP contribution in [-0.4, -0.2) is 28.7 Å². The van der Waals surface area contributed by atoms with Gasteiger partial charge in [0, 0.05) is 10.5 Å². The molecule has 0 saturated heterocycles. The van der Waals surface area contributed by atoms with Gasteiger partial charge in [-0.2, -0.15) is 0 Å². The Morgan fingerprint density at radius 1 is 0.906 bits per heavy atom. The topological polar surface area (TPSA) is 77.3 Å². The lowest BCUT2D eigenvalue weighted by molar-refractivity contribution is -0.485. The van der Waals surface area contributed by atoms with Gasteiger partial charge in [0.05, 0.1) is 5.92 Å². The third-order valence-electron chi connectivity index (χ3n) is 5.87. The largest absolute Gasteiger partial charge is 0.296 e. The summed E-state index contributed by atoms with van der Waals surface area (Å²) in [5.74, 6) is -3.68. The number of carbonyl (C=O) groups excluding carboxylic acids is 2. The van der Waals surface area contributed by atoms with Crippen molar-refractivity contribution in [2.24, 2.45) is 0 Å². The Balaban J connectivity index is 1.88. The monoisotopic (exact) mass is 429 g/mol. The van der Waals surface area contributed by atoms with Gasteiger partial charge in [-0.05, 0) is 40.1 Å². The van der Waals surface area contributed by atoms with Crippen LogP contribution in [0.3, 0.4) is 0 Å². The van der Waals surface area contributed by atoms with Crippen molar-refractivity contribution >= 4 is 33.1 Å². The van der Waals surface area contributed by atoms with Gasteiger partial charge in [0.2, 0.25) is 18.0 Å². The summed E-state index contributed by atoms with van der Waals surface area (Å²) in [5.41, 5.74) is -2.86. The van der Waals surface area contributed by atoms with Crippen LogP contribution in [0.1, 0.15) is 28.8 Å². The van der Waals surface area contributed by atoms with E-state index >= 15 is 4.39 Å². The highest BCUT2D eigenvalue weighted by Crippen LogP contribution is 2.37. The Morgan fingerprint density at radius 2 is 1.50 bits per heavy atom. The van der Waals surface area contributed by atoms with Crippen LogP contribution in [-0.2, 0) is 4.79 Å². The fourth-order valence-corrected chi connectivity index (χ4v) is 4.21. The fraction of sp³-hybridized carbons (Fsp3) is 0.154. The van der Waals surface area contributed by atoms with E-state index in [0.717, 1.165) is 28.5 Å². The van der Waals surface area contributed by atoms with Crippen LogP contribution >= 0.6 is 0 Å². The Kier molecular flexibility index (Phi) is 5.53. The summed E-state index contributed by atoms with van der Waals surface area (Å²) in [7, 11) is 0. The number of halogens is 1. The molecule has 0 heterocycles. The molecule has 4 aromatic carbocycles. The number of hydrogen-bond acceptors (Lipinski definition) is 4. The van der Waals surface area contributed by atoms with E-state index in [1.807, 2.05) is 36.4 Å². The van der Waals surface area contributed by atoms with Gasteiger partial charge in [0.15, 0.2) is 5.78 Å². The summed E-state index contributed by atoms with van der Waals surface area (Å²) >= 11 is 0. The predicted octanol–water partition coefficient (Wildman–Crippen LogP) is 5.53. The number of ketones is 2. The molecule has 0 unspecified atom stereocenters. The third-order valence-corrected chi connectivity index (χ3v) is 5.87. The second kappa shape index (κ2) is 8.30. The summed E-state index contributed by atoms with van der Waals surface area (Å²) < 4.78 is 16.4. The first-order chi connectivity index (χ1) is 15.3. The minimum Gasteiger partial charge on any atom is -0.296 e. The average molecular weight is 429 g/mol. The summed E-state index contributed by atoms with van der Waals surface area (Å²) in [6.07, 6.45) is 0. The summed E-state index contributed by atoms with van der Waals surface area (Å²) in [6, 6.07) is 24.0. The van der Waals surface area contributed by atoms with Crippen molar-refractivity contribution in [3.8, 4) is 0 Å². The van der Waals surface area contributed by atoms with E-state index in [-0.39, 0.29) is 11.1 Å². The van der Waals surface area contributed by atoms with E-state index < -0.39 is 34.6 Å². The normalized spacial score (nSPS) is 14.1. The van der Waals surface area contributed by atoms with Crippen LogP contribution in [0, 0.1) is 10.1 Å². The minimum atomic E-state index is -3.08. The van der Waals surface area contributed by atoms with Gasteiger partial charge in [0.1, 0.15) is 0 Å². The first-order valence-corrected chi connectivity index (χ1v) is 10.2. The summed E-state index contributed by atoms with van der Waals surface area (Å²) in [4.78, 5) is 36.7. The van der Waals surface area contributed by atoms with Crippen LogP contribution in [0.25, 0.3) is 21.5 Å². The van der Waals surface area contributed by atoms with Crippen molar-refractivity contribution in [1.29, 1.82) is 0 Å². The molecule has 0 saturated carbocycles. The number of alkyl halides is 1. The van der Waals surface area contributed by atoms with Gasteiger partial charge >= 0.3 is 0 Å². The highest BCUT2D eigenvalue weighted by molar-refractivity contribution is 6.19. The predicted molar refractivity (Wildman–Crippen MR) is 121 cm³/mol. The average Bonchev–Trinajstić information content (AvgIpc) is 2.81. The molecule has 4 aromatic rings. The quantitative estimate of drug-likeness (QED) is 0.127. The molecule has 4 rings (SSSR count). The number of benzene rings is 4. The second-order valence-corrected chi connectivity index (χ2v) is 7.80. The Hall–Kier alpha value is -3.93. The van der Waals surface area contributed by atoms with Crippen LogP contribution in [0.15, 0.2) is 84.9 Å². The van der Waals surface area contributed by atoms with Crippen LogP contribution < -0.4 is 0 Å². The smallest absolute Gasteiger partial charge is 0.243 e. The Labute approximate surface area is 183 Å². The van der Waals surface area contributed by atoms with Crippen molar-refractivity contribution in [2.75, 3.05) is 6.54 Å². The lowest BCUT2D eigenvalue weighted by atomic mass is 9.76. The van der Waals surface area contributed by atoms with Gasteiger partial charge in [0.25, 0.3) is 0 Å². The number of nitrogens with zero attached hydrogens (tertiary/aromatic N) is 1. The molecule has 0 radical (unpaired) electrons. The SMILES string of the molecule is CC(=O)[C@](F)(C(=O)c1ccc2ccc3ccccc3c2c1)[C@@H](C[N+](=O)[O-])c1ccccc1. The number of hydrogen-bond donors (Lipinski definition) is 0. The van der Waals surface area contributed by atoms with E-state index in [1.165, 1.54) is 18.2 Å². The molecule has 0 N–H and O–H groups in total. The standard InChI is InChI=1S/C26H20FNO4/c1-17(29)26(27,24(16-28(31)32)20-8-3-2-4-9-20)25(30)21-14-13-19-12-11-18-7-5-6-10-22(18)23(19)15-21/h2-15,24H,16H2,1H3/t24-,26+/m0/s1. The maximum absolute atomic E-state index is 16.4. The summed E-state index contributed by atoms with van der Waals surface area (Å²) in [6.45, 7) is 0.0760. The summed E-state index contributed by atoms with van der Waals surface area (Å²) in [5, 5.41) is 14.8. The number of nitro groups is 1. The number of Topliss-reactive ketones (excluding diaryl/α,β-unsaturated/α-hetero) is 2. The molecule has 0 fully saturated rings. The maximum Gasteiger partial charge on any atom is 0.243 e. The van der Waals surface area contributed by atoms with Gasteiger partial charge in [-0.15, -0.1) is 0 Å². The molecule has 6 heteroatoms. The molecule has 0 spiro atoms.